The predicted molar refractivity (Wildman–Crippen MR) is 56.3 cm³/mol. The summed E-state index contributed by atoms with van der Waals surface area (Å²) >= 11 is 5.75. The molecular formula is C11H11ClF2O2. The van der Waals surface area contributed by atoms with Crippen LogP contribution in [0.5, 0.6) is 0 Å². The van der Waals surface area contributed by atoms with Gasteiger partial charge >= 0.3 is 5.97 Å². The van der Waals surface area contributed by atoms with Gasteiger partial charge in [-0.15, -0.1) is 11.6 Å². The molecule has 1 rings (SSSR count). The maximum atomic E-state index is 12.8. The Kier molecular flexibility index (Phi) is 4.68. The minimum Gasteiger partial charge on any atom is -0.465 e. The van der Waals surface area contributed by atoms with Gasteiger partial charge < -0.3 is 4.74 Å². The van der Waals surface area contributed by atoms with Crippen molar-refractivity contribution in [3.63, 3.8) is 0 Å². The van der Waals surface area contributed by atoms with Crippen molar-refractivity contribution in [3.8, 4) is 0 Å². The average Bonchev–Trinajstić information content (AvgIpc) is 2.24. The van der Waals surface area contributed by atoms with Crippen molar-refractivity contribution in [1.29, 1.82) is 0 Å². The maximum Gasteiger partial charge on any atom is 0.324 e. The maximum absolute atomic E-state index is 12.8. The number of benzene rings is 1. The molecule has 1 atom stereocenters. The molecule has 0 heterocycles. The summed E-state index contributed by atoms with van der Waals surface area (Å²) in [4.78, 5) is 11.2. The molecule has 0 N–H and O–H groups in total. The van der Waals surface area contributed by atoms with E-state index in [-0.39, 0.29) is 13.0 Å². The molecule has 16 heavy (non-hydrogen) atoms. The number of esters is 1. The van der Waals surface area contributed by atoms with Crippen molar-refractivity contribution in [1.82, 2.24) is 0 Å². The number of hydrogen-bond acceptors (Lipinski definition) is 2. The van der Waals surface area contributed by atoms with E-state index in [4.69, 9.17) is 16.3 Å². The molecular weight excluding hydrogens is 238 g/mol. The van der Waals surface area contributed by atoms with Gasteiger partial charge in [0.15, 0.2) is 11.6 Å². The Bertz CT molecular complexity index is 382. The van der Waals surface area contributed by atoms with E-state index < -0.39 is 23.0 Å². The highest BCUT2D eigenvalue weighted by molar-refractivity contribution is 6.30. The Balaban J connectivity index is 2.66. The third-order valence-corrected chi connectivity index (χ3v) is 2.27. The van der Waals surface area contributed by atoms with Crippen LogP contribution in [0.4, 0.5) is 8.78 Å². The van der Waals surface area contributed by atoms with Gasteiger partial charge in [-0.3, -0.25) is 4.79 Å². The van der Waals surface area contributed by atoms with Gasteiger partial charge in [-0.25, -0.2) is 8.78 Å². The van der Waals surface area contributed by atoms with Crippen molar-refractivity contribution >= 4 is 17.6 Å². The number of ether oxygens (including phenoxy) is 1. The minimum absolute atomic E-state index is 0.109. The van der Waals surface area contributed by atoms with Gasteiger partial charge in [0.25, 0.3) is 0 Å². The van der Waals surface area contributed by atoms with E-state index in [0.29, 0.717) is 5.56 Å². The van der Waals surface area contributed by atoms with Crippen LogP contribution in [0.2, 0.25) is 0 Å². The Morgan fingerprint density at radius 1 is 1.44 bits per heavy atom. The van der Waals surface area contributed by atoms with Crippen LogP contribution in [0.3, 0.4) is 0 Å². The lowest BCUT2D eigenvalue weighted by Gasteiger charge is -2.08. The van der Waals surface area contributed by atoms with Gasteiger partial charge in [-0.05, 0) is 31.0 Å². The summed E-state index contributed by atoms with van der Waals surface area (Å²) in [7, 11) is 0. The van der Waals surface area contributed by atoms with Crippen LogP contribution in [0.15, 0.2) is 18.2 Å². The third kappa shape index (κ3) is 3.45. The quantitative estimate of drug-likeness (QED) is 0.605. The van der Waals surface area contributed by atoms with Crippen LogP contribution in [-0.2, 0) is 16.0 Å². The lowest BCUT2D eigenvalue weighted by molar-refractivity contribution is -0.142. The highest BCUT2D eigenvalue weighted by Gasteiger charge is 2.17. The Morgan fingerprint density at radius 2 is 2.12 bits per heavy atom. The topological polar surface area (TPSA) is 26.3 Å². The van der Waals surface area contributed by atoms with Crippen LogP contribution in [0.1, 0.15) is 12.5 Å². The monoisotopic (exact) mass is 248 g/mol. The Morgan fingerprint density at radius 3 is 2.69 bits per heavy atom. The van der Waals surface area contributed by atoms with Gasteiger partial charge in [0.05, 0.1) is 6.61 Å². The highest BCUT2D eigenvalue weighted by atomic mass is 35.5. The molecule has 0 saturated carbocycles. The molecule has 0 aliphatic carbocycles. The summed E-state index contributed by atoms with van der Waals surface area (Å²) in [6, 6.07) is 3.40. The standard InChI is InChI=1S/C11H11ClF2O2/c1-2-16-11(15)8(12)5-7-3-4-9(13)10(14)6-7/h3-4,6,8H,2,5H2,1H3. The second kappa shape index (κ2) is 5.80. The molecule has 0 fully saturated rings. The number of rotatable bonds is 4. The number of alkyl halides is 1. The summed E-state index contributed by atoms with van der Waals surface area (Å²) in [5.41, 5.74) is 0.451. The number of hydrogen-bond donors (Lipinski definition) is 0. The van der Waals surface area contributed by atoms with Crippen LogP contribution in [0, 0.1) is 11.6 Å². The predicted octanol–water partition coefficient (Wildman–Crippen LogP) is 2.68. The van der Waals surface area contributed by atoms with Crippen molar-refractivity contribution in [3.05, 3.63) is 35.4 Å². The van der Waals surface area contributed by atoms with Crippen LogP contribution < -0.4 is 0 Å². The van der Waals surface area contributed by atoms with E-state index in [1.807, 2.05) is 0 Å². The molecule has 1 aromatic rings. The molecule has 0 amide bonds. The number of halogens is 3. The van der Waals surface area contributed by atoms with Gasteiger partial charge in [0.2, 0.25) is 0 Å². The van der Waals surface area contributed by atoms with E-state index in [0.717, 1.165) is 12.1 Å². The second-order valence-corrected chi connectivity index (χ2v) is 3.70. The molecule has 1 unspecified atom stereocenters. The molecule has 5 heteroatoms. The van der Waals surface area contributed by atoms with Crippen LogP contribution >= 0.6 is 11.6 Å². The molecule has 0 bridgehead atoms. The van der Waals surface area contributed by atoms with E-state index in [1.54, 1.807) is 6.92 Å². The summed E-state index contributed by atoms with van der Waals surface area (Å²) in [5.74, 6) is -2.44. The highest BCUT2D eigenvalue weighted by Crippen LogP contribution is 2.13. The molecule has 1 aromatic carbocycles. The fraction of sp³-hybridized carbons (Fsp3) is 0.364. The zero-order valence-electron chi connectivity index (χ0n) is 8.67. The lowest BCUT2D eigenvalue weighted by Crippen LogP contribution is -2.20. The normalized spacial score (nSPS) is 12.2. The summed E-state index contributed by atoms with van der Waals surface area (Å²) in [5, 5.41) is -0.884. The number of carbonyl (C=O) groups excluding carboxylic acids is 1. The minimum atomic E-state index is -0.953. The second-order valence-electron chi connectivity index (χ2n) is 3.17. The van der Waals surface area contributed by atoms with E-state index >= 15 is 0 Å². The molecule has 0 spiro atoms. The molecule has 0 radical (unpaired) electrons. The first-order valence-corrected chi connectivity index (χ1v) is 5.23. The lowest BCUT2D eigenvalue weighted by atomic mass is 10.1. The molecule has 0 saturated heterocycles. The van der Waals surface area contributed by atoms with Gasteiger partial charge in [0, 0.05) is 0 Å². The van der Waals surface area contributed by atoms with Gasteiger partial charge in [0.1, 0.15) is 5.38 Å². The first-order valence-electron chi connectivity index (χ1n) is 4.79. The summed E-state index contributed by atoms with van der Waals surface area (Å²) in [6.07, 6.45) is 0.109. The van der Waals surface area contributed by atoms with Crippen molar-refractivity contribution in [2.45, 2.75) is 18.7 Å². The van der Waals surface area contributed by atoms with Gasteiger partial charge in [-0.1, -0.05) is 6.07 Å². The van der Waals surface area contributed by atoms with Crippen LogP contribution in [0.25, 0.3) is 0 Å². The average molecular weight is 249 g/mol. The van der Waals surface area contributed by atoms with Crippen LogP contribution in [-0.4, -0.2) is 18.0 Å². The SMILES string of the molecule is CCOC(=O)C(Cl)Cc1ccc(F)c(F)c1. The fourth-order valence-corrected chi connectivity index (χ4v) is 1.43. The van der Waals surface area contributed by atoms with Crippen molar-refractivity contribution in [2.24, 2.45) is 0 Å². The van der Waals surface area contributed by atoms with E-state index in [2.05, 4.69) is 0 Å². The molecule has 88 valence electrons. The first kappa shape index (κ1) is 12.9. The molecule has 2 nitrogen and oxygen atoms in total. The largest absolute Gasteiger partial charge is 0.465 e. The smallest absolute Gasteiger partial charge is 0.324 e. The van der Waals surface area contributed by atoms with Crippen molar-refractivity contribution < 1.29 is 18.3 Å². The zero-order chi connectivity index (χ0) is 12.1. The molecule has 0 aromatic heterocycles. The Labute approximate surface area is 97.2 Å². The number of carbonyl (C=O) groups is 1. The molecule has 0 aliphatic rings. The Hall–Kier alpha value is -1.16. The third-order valence-electron chi connectivity index (χ3n) is 1.94. The first-order chi connectivity index (χ1) is 7.54. The zero-order valence-corrected chi connectivity index (χ0v) is 9.43. The van der Waals surface area contributed by atoms with E-state index in [1.165, 1.54) is 6.07 Å². The summed E-state index contributed by atoms with van der Waals surface area (Å²) < 4.78 is 30.2. The van der Waals surface area contributed by atoms with Gasteiger partial charge in [-0.2, -0.15) is 0 Å². The van der Waals surface area contributed by atoms with Crippen molar-refractivity contribution in [2.75, 3.05) is 6.61 Å². The summed E-state index contributed by atoms with van der Waals surface area (Å²) in [6.45, 7) is 1.90. The fourth-order valence-electron chi connectivity index (χ4n) is 1.19. The molecule has 0 aliphatic heterocycles. The van der Waals surface area contributed by atoms with E-state index in [9.17, 15) is 13.6 Å².